The summed E-state index contributed by atoms with van der Waals surface area (Å²) in [5.74, 6) is 0.848. The minimum absolute atomic E-state index is 0.0538. The summed E-state index contributed by atoms with van der Waals surface area (Å²) in [6.45, 7) is 3.46. The first-order chi connectivity index (χ1) is 10.8. The van der Waals surface area contributed by atoms with Gasteiger partial charge in [0.1, 0.15) is 0 Å². The molecule has 1 aliphatic carbocycles. The molecule has 0 amide bonds. The van der Waals surface area contributed by atoms with E-state index in [2.05, 4.69) is 21.7 Å². The van der Waals surface area contributed by atoms with E-state index in [0.717, 1.165) is 51.5 Å². The molecule has 5 nitrogen and oxygen atoms in total. The molecule has 1 atom stereocenters. The van der Waals surface area contributed by atoms with Gasteiger partial charge in [-0.25, -0.2) is 0 Å². The van der Waals surface area contributed by atoms with Gasteiger partial charge in [-0.1, -0.05) is 11.6 Å². The molecule has 22 heavy (non-hydrogen) atoms. The molecule has 1 saturated heterocycles. The van der Waals surface area contributed by atoms with Gasteiger partial charge in [0.15, 0.2) is 5.96 Å². The van der Waals surface area contributed by atoms with Crippen molar-refractivity contribution < 1.29 is 9.84 Å². The molecule has 0 spiro atoms. The lowest BCUT2D eigenvalue weighted by atomic mass is 9.84. The molecule has 0 aromatic rings. The van der Waals surface area contributed by atoms with E-state index in [1.807, 2.05) is 0 Å². The summed E-state index contributed by atoms with van der Waals surface area (Å²) < 4.78 is 5.52. The molecule has 0 aromatic heterocycles. The number of nitrogens with zero attached hydrogens (tertiary/aromatic N) is 1. The van der Waals surface area contributed by atoms with E-state index in [-0.39, 0.29) is 12.0 Å². The summed E-state index contributed by atoms with van der Waals surface area (Å²) in [4.78, 5) is 4.29. The predicted octanol–water partition coefficient (Wildman–Crippen LogP) is 1.83. The van der Waals surface area contributed by atoms with E-state index in [1.165, 1.54) is 25.7 Å². The molecular formula is C17H31N3O2. The van der Waals surface area contributed by atoms with Gasteiger partial charge in [-0.05, 0) is 44.9 Å². The zero-order valence-corrected chi connectivity index (χ0v) is 13.9. The van der Waals surface area contributed by atoms with Crippen LogP contribution in [0, 0.1) is 5.41 Å². The first-order valence-electron chi connectivity index (χ1n) is 8.59. The third kappa shape index (κ3) is 5.29. The number of rotatable bonds is 7. The molecule has 0 aromatic carbocycles. The molecular weight excluding hydrogens is 278 g/mol. The molecule has 1 fully saturated rings. The molecule has 1 heterocycles. The van der Waals surface area contributed by atoms with Crippen LogP contribution in [0.3, 0.4) is 0 Å². The van der Waals surface area contributed by atoms with Crippen LogP contribution in [0.15, 0.2) is 16.6 Å². The highest BCUT2D eigenvalue weighted by atomic mass is 16.5. The van der Waals surface area contributed by atoms with E-state index in [1.54, 1.807) is 12.6 Å². The quantitative estimate of drug-likeness (QED) is 0.381. The maximum Gasteiger partial charge on any atom is 0.191 e. The number of hydrogen-bond acceptors (Lipinski definition) is 3. The normalized spacial score (nSPS) is 25.9. The van der Waals surface area contributed by atoms with Crippen molar-refractivity contribution in [3.63, 3.8) is 0 Å². The highest BCUT2D eigenvalue weighted by Gasteiger charge is 2.34. The minimum atomic E-state index is 0.0538. The van der Waals surface area contributed by atoms with Crippen LogP contribution in [-0.4, -0.2) is 51.0 Å². The van der Waals surface area contributed by atoms with E-state index in [0.29, 0.717) is 0 Å². The molecule has 126 valence electrons. The Labute approximate surface area is 134 Å². The van der Waals surface area contributed by atoms with E-state index >= 15 is 0 Å². The summed E-state index contributed by atoms with van der Waals surface area (Å²) >= 11 is 0. The van der Waals surface area contributed by atoms with Crippen LogP contribution in [0.5, 0.6) is 0 Å². The Hall–Kier alpha value is -1.07. The summed E-state index contributed by atoms with van der Waals surface area (Å²) in [7, 11) is 1.80. The lowest BCUT2D eigenvalue weighted by molar-refractivity contribution is 0.127. The third-order valence-electron chi connectivity index (χ3n) is 4.81. The Balaban J connectivity index is 1.71. The highest BCUT2D eigenvalue weighted by Crippen LogP contribution is 2.31. The van der Waals surface area contributed by atoms with Crippen LogP contribution in [0.25, 0.3) is 0 Å². The Morgan fingerprint density at radius 2 is 2.32 bits per heavy atom. The number of aliphatic imine (C=N–C) groups is 1. The smallest absolute Gasteiger partial charge is 0.191 e. The van der Waals surface area contributed by atoms with E-state index in [4.69, 9.17) is 4.74 Å². The number of aliphatic hydroxyl groups is 1. The van der Waals surface area contributed by atoms with Gasteiger partial charge in [-0.2, -0.15) is 0 Å². The Bertz CT molecular complexity index is 387. The van der Waals surface area contributed by atoms with Crippen LogP contribution < -0.4 is 10.6 Å². The topological polar surface area (TPSA) is 65.9 Å². The van der Waals surface area contributed by atoms with E-state index in [9.17, 15) is 5.11 Å². The lowest BCUT2D eigenvalue weighted by Gasteiger charge is -2.27. The second-order valence-electron chi connectivity index (χ2n) is 6.49. The van der Waals surface area contributed by atoms with Crippen molar-refractivity contribution in [2.75, 3.05) is 40.0 Å². The maximum atomic E-state index is 9.26. The van der Waals surface area contributed by atoms with E-state index < -0.39 is 0 Å². The summed E-state index contributed by atoms with van der Waals surface area (Å²) in [6, 6.07) is 0. The molecule has 1 unspecified atom stereocenters. The van der Waals surface area contributed by atoms with Gasteiger partial charge in [-0.3, -0.25) is 4.99 Å². The average Bonchev–Trinajstić information content (AvgIpc) is 3.01. The fourth-order valence-electron chi connectivity index (χ4n) is 3.28. The lowest BCUT2D eigenvalue weighted by Crippen LogP contribution is -2.44. The number of aliphatic hydroxyl groups excluding tert-OH is 1. The Kier molecular flexibility index (Phi) is 7.19. The fourth-order valence-corrected chi connectivity index (χ4v) is 3.28. The number of hydrogen-bond donors (Lipinski definition) is 3. The number of nitrogens with one attached hydrogen (secondary N) is 2. The third-order valence-corrected chi connectivity index (χ3v) is 4.81. The van der Waals surface area contributed by atoms with Crippen molar-refractivity contribution in [3.8, 4) is 0 Å². The molecule has 2 rings (SSSR count). The average molecular weight is 309 g/mol. The van der Waals surface area contributed by atoms with Gasteiger partial charge >= 0.3 is 0 Å². The van der Waals surface area contributed by atoms with Gasteiger partial charge in [-0.15, -0.1) is 0 Å². The first-order valence-corrected chi connectivity index (χ1v) is 8.59. The van der Waals surface area contributed by atoms with Crippen LogP contribution in [0.1, 0.15) is 44.9 Å². The van der Waals surface area contributed by atoms with Crippen molar-refractivity contribution in [1.29, 1.82) is 0 Å². The van der Waals surface area contributed by atoms with Crippen molar-refractivity contribution in [3.05, 3.63) is 11.6 Å². The second-order valence-corrected chi connectivity index (χ2v) is 6.49. The minimum Gasteiger partial charge on any atom is -0.396 e. The standard InChI is InChI=1S/C17H31N3O2/c1-18-16(19-10-7-15-5-3-2-4-6-15)20-13-17(8-11-21)9-12-22-14-17/h5,21H,2-4,6-14H2,1H3,(H2,18,19,20). The Morgan fingerprint density at radius 1 is 1.41 bits per heavy atom. The van der Waals surface area contributed by atoms with Gasteiger partial charge in [0.25, 0.3) is 0 Å². The molecule has 1 aliphatic heterocycles. The van der Waals surface area contributed by atoms with Gasteiger partial charge in [0.05, 0.1) is 6.61 Å². The predicted molar refractivity (Wildman–Crippen MR) is 90.1 cm³/mol. The molecule has 2 aliphatic rings. The number of allylic oxidation sites excluding steroid dienone is 1. The second kappa shape index (κ2) is 9.16. The van der Waals surface area contributed by atoms with Crippen LogP contribution in [0.2, 0.25) is 0 Å². The van der Waals surface area contributed by atoms with Crippen molar-refractivity contribution in [1.82, 2.24) is 10.6 Å². The van der Waals surface area contributed by atoms with Crippen LogP contribution in [0.4, 0.5) is 0 Å². The fraction of sp³-hybridized carbons (Fsp3) is 0.824. The monoisotopic (exact) mass is 309 g/mol. The SMILES string of the molecule is CN=C(NCCC1=CCCCC1)NCC1(CCO)CCOC1. The summed E-state index contributed by atoms with van der Waals surface area (Å²) in [6.07, 6.45) is 10.5. The van der Waals surface area contributed by atoms with Crippen molar-refractivity contribution >= 4 is 5.96 Å². The summed E-state index contributed by atoms with van der Waals surface area (Å²) in [5.41, 5.74) is 1.63. The molecule has 0 bridgehead atoms. The molecule has 0 saturated carbocycles. The van der Waals surface area contributed by atoms with Crippen LogP contribution >= 0.6 is 0 Å². The molecule has 5 heteroatoms. The molecule has 3 N–H and O–H groups in total. The van der Waals surface area contributed by atoms with Gasteiger partial charge in [0.2, 0.25) is 0 Å². The highest BCUT2D eigenvalue weighted by molar-refractivity contribution is 5.79. The largest absolute Gasteiger partial charge is 0.396 e. The zero-order chi connectivity index (χ0) is 15.7. The van der Waals surface area contributed by atoms with Gasteiger partial charge < -0.3 is 20.5 Å². The summed E-state index contributed by atoms with van der Waals surface area (Å²) in [5, 5.41) is 16.1. The zero-order valence-electron chi connectivity index (χ0n) is 13.9. The number of guanidine groups is 1. The number of ether oxygens (including phenoxy) is 1. The molecule has 0 radical (unpaired) electrons. The van der Waals surface area contributed by atoms with Crippen molar-refractivity contribution in [2.24, 2.45) is 10.4 Å². The maximum absolute atomic E-state index is 9.26. The Morgan fingerprint density at radius 3 is 2.95 bits per heavy atom. The first kappa shape index (κ1) is 17.3. The van der Waals surface area contributed by atoms with Gasteiger partial charge in [0, 0.05) is 38.8 Å². The van der Waals surface area contributed by atoms with Crippen molar-refractivity contribution in [2.45, 2.75) is 44.9 Å². The van der Waals surface area contributed by atoms with Crippen LogP contribution in [-0.2, 0) is 4.74 Å².